The van der Waals surface area contributed by atoms with Crippen molar-refractivity contribution in [1.82, 2.24) is 20.2 Å². The quantitative estimate of drug-likeness (QED) is 0.553. The molecule has 1 aromatic heterocycles. The summed E-state index contributed by atoms with van der Waals surface area (Å²) < 4.78 is 20.9. The predicted molar refractivity (Wildman–Crippen MR) is 141 cm³/mol. The van der Waals surface area contributed by atoms with Crippen molar-refractivity contribution in [3.05, 3.63) is 59.0 Å². The van der Waals surface area contributed by atoms with Gasteiger partial charge in [-0.25, -0.2) is 4.98 Å². The van der Waals surface area contributed by atoms with E-state index in [1.807, 2.05) is 18.2 Å². The topological polar surface area (TPSA) is 96.6 Å². The van der Waals surface area contributed by atoms with Crippen LogP contribution in [0, 0.1) is 5.95 Å². The molecular formula is C28H31FN6O2. The number of fused-ring (bicyclic) bond motifs is 1. The number of amides is 1. The van der Waals surface area contributed by atoms with Crippen molar-refractivity contribution < 1.29 is 13.9 Å². The number of benzene rings is 2. The summed E-state index contributed by atoms with van der Waals surface area (Å²) in [5.41, 5.74) is 12.0. The highest BCUT2D eigenvalue weighted by molar-refractivity contribution is 5.97. The molecule has 2 aromatic carbocycles. The maximum Gasteiger partial charge on any atom is 0.251 e. The zero-order valence-corrected chi connectivity index (χ0v) is 21.0. The number of likely N-dealkylation sites (tertiary alicyclic amines) is 1. The van der Waals surface area contributed by atoms with Crippen molar-refractivity contribution in [2.75, 3.05) is 50.0 Å². The van der Waals surface area contributed by atoms with E-state index in [0.717, 1.165) is 61.5 Å². The van der Waals surface area contributed by atoms with Crippen molar-refractivity contribution in [2.45, 2.75) is 32.4 Å². The lowest BCUT2D eigenvalue weighted by Crippen LogP contribution is -2.42. The summed E-state index contributed by atoms with van der Waals surface area (Å²) in [7, 11) is 0. The van der Waals surface area contributed by atoms with Crippen LogP contribution in [0.3, 0.4) is 0 Å². The summed E-state index contributed by atoms with van der Waals surface area (Å²) >= 11 is 0. The van der Waals surface area contributed by atoms with E-state index in [9.17, 15) is 4.79 Å². The molecule has 0 saturated carbocycles. The number of rotatable bonds is 5. The first-order valence-electron chi connectivity index (χ1n) is 12.9. The van der Waals surface area contributed by atoms with Crippen molar-refractivity contribution in [2.24, 2.45) is 0 Å². The smallest absolute Gasteiger partial charge is 0.251 e. The van der Waals surface area contributed by atoms with Gasteiger partial charge in [-0.3, -0.25) is 9.69 Å². The fourth-order valence-corrected chi connectivity index (χ4v) is 5.38. The Bertz CT molecular complexity index is 1360. The lowest BCUT2D eigenvalue weighted by Gasteiger charge is -2.36. The fraction of sp³-hybridized carbons (Fsp3) is 0.393. The Morgan fingerprint density at radius 1 is 1.11 bits per heavy atom. The fourth-order valence-electron chi connectivity index (χ4n) is 5.38. The van der Waals surface area contributed by atoms with Crippen LogP contribution in [0.15, 0.2) is 36.4 Å². The Hall–Kier alpha value is -3.56. The molecule has 3 N–H and O–H groups in total. The average molecular weight is 503 g/mol. The number of halogens is 1. The van der Waals surface area contributed by atoms with Crippen LogP contribution >= 0.6 is 0 Å². The molecule has 3 aromatic rings. The number of nitrogens with two attached hydrogens (primary N) is 1. The Kier molecular flexibility index (Phi) is 6.26. The van der Waals surface area contributed by atoms with E-state index >= 15 is 4.39 Å². The number of carbonyl (C=O) groups is 1. The molecule has 2 fully saturated rings. The van der Waals surface area contributed by atoms with Crippen LogP contribution in [0.25, 0.3) is 22.5 Å². The van der Waals surface area contributed by atoms with E-state index in [2.05, 4.69) is 38.1 Å². The zero-order chi connectivity index (χ0) is 25.5. The molecule has 8 nitrogen and oxygen atoms in total. The minimum absolute atomic E-state index is 0.0289. The predicted octanol–water partition coefficient (Wildman–Crippen LogP) is 3.25. The molecule has 1 amide bonds. The van der Waals surface area contributed by atoms with E-state index in [1.165, 1.54) is 6.42 Å². The number of ether oxygens (including phenoxy) is 1. The van der Waals surface area contributed by atoms with E-state index in [-0.39, 0.29) is 23.5 Å². The Morgan fingerprint density at radius 3 is 2.70 bits per heavy atom. The molecule has 0 unspecified atom stereocenters. The van der Waals surface area contributed by atoms with Crippen molar-refractivity contribution in [1.29, 1.82) is 0 Å². The number of aromatic nitrogens is 2. The molecule has 1 atom stereocenters. The van der Waals surface area contributed by atoms with Crippen LogP contribution in [-0.2, 0) is 17.7 Å². The molecule has 9 heteroatoms. The van der Waals surface area contributed by atoms with Gasteiger partial charge in [0.1, 0.15) is 11.4 Å². The van der Waals surface area contributed by atoms with Gasteiger partial charge < -0.3 is 20.7 Å². The number of hydrogen-bond donors (Lipinski definition) is 2. The van der Waals surface area contributed by atoms with Crippen LogP contribution in [0.1, 0.15) is 34.8 Å². The molecule has 4 heterocycles. The summed E-state index contributed by atoms with van der Waals surface area (Å²) in [6.07, 6.45) is 2.08. The third kappa shape index (κ3) is 4.65. The van der Waals surface area contributed by atoms with Crippen LogP contribution < -0.4 is 16.0 Å². The molecule has 37 heavy (non-hydrogen) atoms. The third-order valence-electron chi connectivity index (χ3n) is 7.46. The average Bonchev–Trinajstić information content (AvgIpc) is 2.86. The Balaban J connectivity index is 1.39. The van der Waals surface area contributed by atoms with Gasteiger partial charge in [0.05, 0.1) is 12.7 Å². The third-order valence-corrected chi connectivity index (χ3v) is 7.46. The lowest BCUT2D eigenvalue weighted by atomic mass is 9.96. The van der Waals surface area contributed by atoms with Gasteiger partial charge in [-0.15, -0.1) is 0 Å². The van der Waals surface area contributed by atoms with Crippen LogP contribution in [-0.4, -0.2) is 66.2 Å². The molecule has 2 saturated heterocycles. The van der Waals surface area contributed by atoms with Crippen molar-refractivity contribution >= 4 is 17.4 Å². The molecule has 3 aliphatic heterocycles. The summed E-state index contributed by atoms with van der Waals surface area (Å²) in [5.74, 6) is -0.751. The van der Waals surface area contributed by atoms with Gasteiger partial charge in [0.15, 0.2) is 5.82 Å². The highest BCUT2D eigenvalue weighted by Gasteiger charge is 2.24. The van der Waals surface area contributed by atoms with Crippen molar-refractivity contribution in [3.63, 3.8) is 0 Å². The number of nitrogens with zero attached hydrogens (tertiary/aromatic N) is 4. The molecule has 192 valence electrons. The maximum atomic E-state index is 15.2. The lowest BCUT2D eigenvalue weighted by molar-refractivity contribution is 0.0531. The summed E-state index contributed by atoms with van der Waals surface area (Å²) in [4.78, 5) is 25.6. The largest absolute Gasteiger partial charge is 0.382 e. The number of carbonyl (C=O) groups excluding carboxylic acids is 1. The normalized spacial score (nSPS) is 19.8. The first-order valence-corrected chi connectivity index (χ1v) is 12.9. The molecular weight excluding hydrogens is 471 g/mol. The number of morpholine rings is 1. The van der Waals surface area contributed by atoms with Gasteiger partial charge in [0.25, 0.3) is 5.91 Å². The second kappa shape index (κ2) is 9.72. The minimum atomic E-state index is -0.693. The Morgan fingerprint density at radius 2 is 1.92 bits per heavy atom. The van der Waals surface area contributed by atoms with Gasteiger partial charge in [-0.05, 0) is 68.2 Å². The molecule has 3 aliphatic rings. The minimum Gasteiger partial charge on any atom is -0.382 e. The zero-order valence-electron chi connectivity index (χ0n) is 21.0. The van der Waals surface area contributed by atoms with Crippen LogP contribution in [0.5, 0.6) is 0 Å². The molecule has 0 aliphatic carbocycles. The van der Waals surface area contributed by atoms with Gasteiger partial charge in [0.2, 0.25) is 5.95 Å². The van der Waals surface area contributed by atoms with Gasteiger partial charge in [-0.2, -0.15) is 9.37 Å². The molecule has 0 bridgehead atoms. The molecule has 0 radical (unpaired) electrons. The Labute approximate surface area is 215 Å². The number of nitrogens with one attached hydrogen (secondary N) is 1. The monoisotopic (exact) mass is 502 g/mol. The summed E-state index contributed by atoms with van der Waals surface area (Å²) in [5, 5.41) is 2.85. The first kappa shape index (κ1) is 23.8. The van der Waals surface area contributed by atoms with Gasteiger partial charge >= 0.3 is 0 Å². The van der Waals surface area contributed by atoms with E-state index in [4.69, 9.17) is 10.5 Å². The summed E-state index contributed by atoms with van der Waals surface area (Å²) in [6, 6.07) is 11.5. The number of nitrogen functional groups attached to an aromatic ring is 1. The first-order chi connectivity index (χ1) is 18.0. The number of hydrogen-bond acceptors (Lipinski definition) is 7. The highest BCUT2D eigenvalue weighted by Crippen LogP contribution is 2.34. The van der Waals surface area contributed by atoms with E-state index in [0.29, 0.717) is 30.0 Å². The van der Waals surface area contributed by atoms with Crippen molar-refractivity contribution in [3.8, 4) is 22.5 Å². The SMILES string of the molecule is C[C@H]1CN(c2ccc(-c3nc(-c4ccc5c(c4)CCNC5=O)c(N)nc3F)cc2CN2CCC2)CCO1. The molecule has 6 rings (SSSR count). The highest BCUT2D eigenvalue weighted by atomic mass is 19.1. The second-order valence-corrected chi connectivity index (χ2v) is 10.1. The van der Waals surface area contributed by atoms with Gasteiger partial charge in [0, 0.05) is 48.6 Å². The number of anilines is 2. The standard InChI is InChI=1S/C28H31FN6O2/c1-17-15-35(11-12-37-17)23-6-4-19(14-21(23)16-34-9-2-10-34)24-26(29)33-27(30)25(32-24)20-3-5-22-18(13-20)7-8-31-28(22)36/h3-6,13-14,17H,2,7-12,15-16H2,1H3,(H2,30,33)(H,31,36)/t17-/m0/s1. The van der Waals surface area contributed by atoms with E-state index in [1.54, 1.807) is 12.1 Å². The molecule has 0 spiro atoms. The van der Waals surface area contributed by atoms with Crippen LogP contribution in [0.4, 0.5) is 15.9 Å². The maximum absolute atomic E-state index is 15.2. The van der Waals surface area contributed by atoms with Crippen LogP contribution in [0.2, 0.25) is 0 Å². The second-order valence-electron chi connectivity index (χ2n) is 10.1. The van der Waals surface area contributed by atoms with Gasteiger partial charge in [-0.1, -0.05) is 12.1 Å². The van der Waals surface area contributed by atoms with E-state index < -0.39 is 5.95 Å². The summed E-state index contributed by atoms with van der Waals surface area (Å²) in [6.45, 7) is 7.95.